The Morgan fingerprint density at radius 3 is 1.96 bits per heavy atom. The molecule has 0 saturated carbocycles. The van der Waals surface area contributed by atoms with E-state index in [2.05, 4.69) is 4.98 Å². The molecule has 0 saturated heterocycles. The highest BCUT2D eigenvalue weighted by Crippen LogP contribution is 2.29. The van der Waals surface area contributed by atoms with Crippen LogP contribution in [0.3, 0.4) is 0 Å². The minimum Gasteiger partial charge on any atom is -0.497 e. The van der Waals surface area contributed by atoms with Crippen LogP contribution in [-0.2, 0) is 6.54 Å². The van der Waals surface area contributed by atoms with Crippen molar-refractivity contribution in [3.8, 4) is 28.6 Å². The largest absolute Gasteiger partial charge is 0.497 e. The summed E-state index contributed by atoms with van der Waals surface area (Å²) in [5, 5.41) is 0.185. The fraction of sp³-hybridized carbons (Fsp3) is 0.200. The average Bonchev–Trinajstić information content (AvgIpc) is 2.71. The summed E-state index contributed by atoms with van der Waals surface area (Å²) in [5.41, 5.74) is 1.82. The molecular weight excluding hydrogens is 368 g/mol. The van der Waals surface area contributed by atoms with Gasteiger partial charge < -0.3 is 14.2 Å². The first-order chi connectivity index (χ1) is 13.1. The standard InChI is InChI=1S/C20H19ClN2O4/c1-25-15-8-4-13(5-9-15)12-23-17(14-6-10-16(26-2)11-7-14)18(21)22-19(27-3)20(23)24/h4-11H,12H2,1-3H3. The molecule has 7 heteroatoms. The van der Waals surface area contributed by atoms with Crippen LogP contribution in [0.15, 0.2) is 53.3 Å². The molecule has 0 unspecified atom stereocenters. The van der Waals surface area contributed by atoms with Crippen molar-refractivity contribution in [1.29, 1.82) is 0 Å². The van der Waals surface area contributed by atoms with Gasteiger partial charge in [0.15, 0.2) is 5.15 Å². The Kier molecular flexibility index (Phi) is 5.66. The van der Waals surface area contributed by atoms with Crippen LogP contribution in [0.5, 0.6) is 17.4 Å². The summed E-state index contributed by atoms with van der Waals surface area (Å²) in [6.45, 7) is 0.308. The number of hydrogen-bond acceptors (Lipinski definition) is 5. The van der Waals surface area contributed by atoms with Gasteiger partial charge in [-0.25, -0.2) is 0 Å². The van der Waals surface area contributed by atoms with E-state index in [1.54, 1.807) is 30.9 Å². The van der Waals surface area contributed by atoms with E-state index >= 15 is 0 Å². The lowest BCUT2D eigenvalue weighted by Crippen LogP contribution is -2.25. The zero-order valence-electron chi connectivity index (χ0n) is 15.2. The van der Waals surface area contributed by atoms with Crippen molar-refractivity contribution < 1.29 is 14.2 Å². The number of aromatic nitrogens is 2. The molecule has 0 aliphatic rings. The second-order valence-corrected chi connectivity index (χ2v) is 6.09. The summed E-state index contributed by atoms with van der Waals surface area (Å²) in [6, 6.07) is 14.7. The number of hydrogen-bond donors (Lipinski definition) is 0. The van der Waals surface area contributed by atoms with Gasteiger partial charge in [0.1, 0.15) is 11.5 Å². The van der Waals surface area contributed by atoms with Crippen molar-refractivity contribution in [3.63, 3.8) is 0 Å². The molecule has 27 heavy (non-hydrogen) atoms. The molecule has 0 bridgehead atoms. The highest BCUT2D eigenvalue weighted by atomic mass is 35.5. The van der Waals surface area contributed by atoms with Crippen molar-refractivity contribution in [3.05, 3.63) is 69.6 Å². The minimum atomic E-state index is -0.358. The summed E-state index contributed by atoms with van der Waals surface area (Å²) in [7, 11) is 4.59. The van der Waals surface area contributed by atoms with Gasteiger partial charge in [0.2, 0.25) is 0 Å². The number of ether oxygens (including phenoxy) is 3. The highest BCUT2D eigenvalue weighted by Gasteiger charge is 2.18. The van der Waals surface area contributed by atoms with Gasteiger partial charge in [-0.1, -0.05) is 23.7 Å². The smallest absolute Gasteiger partial charge is 0.314 e. The van der Waals surface area contributed by atoms with E-state index in [9.17, 15) is 4.79 Å². The third-order valence-corrected chi connectivity index (χ3v) is 4.41. The molecular formula is C20H19ClN2O4. The van der Waals surface area contributed by atoms with E-state index < -0.39 is 0 Å². The van der Waals surface area contributed by atoms with Crippen LogP contribution in [0, 0.1) is 0 Å². The van der Waals surface area contributed by atoms with Gasteiger partial charge in [0.25, 0.3) is 5.88 Å². The molecule has 6 nitrogen and oxygen atoms in total. The number of rotatable bonds is 6. The molecule has 0 spiro atoms. The maximum atomic E-state index is 12.9. The molecule has 2 aromatic carbocycles. The Labute approximate surface area is 161 Å². The van der Waals surface area contributed by atoms with E-state index in [1.807, 2.05) is 36.4 Å². The predicted octanol–water partition coefficient (Wildman–Crippen LogP) is 3.64. The highest BCUT2D eigenvalue weighted by molar-refractivity contribution is 6.31. The van der Waals surface area contributed by atoms with Crippen LogP contribution >= 0.6 is 11.6 Å². The second kappa shape index (κ2) is 8.14. The number of nitrogens with zero attached hydrogens (tertiary/aromatic N) is 2. The lowest BCUT2D eigenvalue weighted by atomic mass is 10.1. The summed E-state index contributed by atoms with van der Waals surface area (Å²) in [6.07, 6.45) is 0. The molecule has 1 aromatic heterocycles. The monoisotopic (exact) mass is 386 g/mol. The molecule has 0 fully saturated rings. The fourth-order valence-corrected chi connectivity index (χ4v) is 3.03. The Morgan fingerprint density at radius 2 is 1.44 bits per heavy atom. The van der Waals surface area contributed by atoms with E-state index in [4.69, 9.17) is 25.8 Å². The first kappa shape index (κ1) is 18.8. The third-order valence-electron chi connectivity index (χ3n) is 4.15. The van der Waals surface area contributed by atoms with Gasteiger partial charge >= 0.3 is 5.56 Å². The Morgan fingerprint density at radius 1 is 0.889 bits per heavy atom. The van der Waals surface area contributed by atoms with Gasteiger partial charge in [-0.3, -0.25) is 9.36 Å². The normalized spacial score (nSPS) is 10.5. The van der Waals surface area contributed by atoms with Gasteiger partial charge in [0, 0.05) is 5.56 Å². The fourth-order valence-electron chi connectivity index (χ4n) is 2.74. The number of benzene rings is 2. The molecule has 140 valence electrons. The van der Waals surface area contributed by atoms with Gasteiger partial charge in [-0.05, 0) is 42.0 Å². The summed E-state index contributed by atoms with van der Waals surface area (Å²) >= 11 is 6.41. The van der Waals surface area contributed by atoms with E-state index in [0.717, 1.165) is 16.9 Å². The topological polar surface area (TPSA) is 62.6 Å². The zero-order valence-corrected chi connectivity index (χ0v) is 16.0. The molecule has 0 aliphatic heterocycles. The lowest BCUT2D eigenvalue weighted by molar-refractivity contribution is 0.386. The SMILES string of the molecule is COc1ccc(Cn2c(-c3ccc(OC)cc3)c(Cl)nc(OC)c2=O)cc1. The zero-order chi connectivity index (χ0) is 19.4. The van der Waals surface area contributed by atoms with Crippen LogP contribution in [-0.4, -0.2) is 30.9 Å². The molecule has 0 amide bonds. The van der Waals surface area contributed by atoms with Crippen molar-refractivity contribution in [2.24, 2.45) is 0 Å². The molecule has 0 atom stereocenters. The third kappa shape index (κ3) is 3.90. The molecule has 3 rings (SSSR count). The van der Waals surface area contributed by atoms with Gasteiger partial charge in [0.05, 0.1) is 33.6 Å². The first-order valence-corrected chi connectivity index (χ1v) is 8.57. The van der Waals surface area contributed by atoms with Crippen LogP contribution < -0.4 is 19.8 Å². The Bertz CT molecular complexity index is 983. The van der Waals surface area contributed by atoms with Gasteiger partial charge in [-0.15, -0.1) is 0 Å². The first-order valence-electron chi connectivity index (χ1n) is 8.19. The van der Waals surface area contributed by atoms with Crippen molar-refractivity contribution >= 4 is 11.6 Å². The van der Waals surface area contributed by atoms with Crippen LogP contribution in [0.25, 0.3) is 11.3 Å². The number of halogens is 1. The summed E-state index contributed by atoms with van der Waals surface area (Å²) in [4.78, 5) is 17.0. The van der Waals surface area contributed by atoms with Gasteiger partial charge in [-0.2, -0.15) is 4.98 Å². The van der Waals surface area contributed by atoms with Crippen LogP contribution in [0.4, 0.5) is 0 Å². The number of methoxy groups -OCH3 is 3. The average molecular weight is 387 g/mol. The molecule has 0 radical (unpaired) electrons. The predicted molar refractivity (Wildman–Crippen MR) is 104 cm³/mol. The lowest BCUT2D eigenvalue weighted by Gasteiger charge is -2.16. The van der Waals surface area contributed by atoms with E-state index in [-0.39, 0.29) is 16.6 Å². The summed E-state index contributed by atoms with van der Waals surface area (Å²) < 4.78 is 17.0. The summed E-state index contributed by atoms with van der Waals surface area (Å²) in [5.74, 6) is 1.40. The van der Waals surface area contributed by atoms with E-state index in [1.165, 1.54) is 7.11 Å². The van der Waals surface area contributed by atoms with Crippen molar-refractivity contribution in [2.45, 2.75) is 6.54 Å². The van der Waals surface area contributed by atoms with Crippen LogP contribution in [0.2, 0.25) is 5.15 Å². The Balaban J connectivity index is 2.13. The maximum absolute atomic E-state index is 12.9. The second-order valence-electron chi connectivity index (χ2n) is 5.73. The van der Waals surface area contributed by atoms with Crippen molar-refractivity contribution in [2.75, 3.05) is 21.3 Å². The van der Waals surface area contributed by atoms with Crippen molar-refractivity contribution in [1.82, 2.24) is 9.55 Å². The minimum absolute atomic E-state index is 0.0502. The molecule has 1 heterocycles. The molecule has 0 N–H and O–H groups in total. The molecule has 3 aromatic rings. The Hall–Kier alpha value is -2.99. The van der Waals surface area contributed by atoms with E-state index in [0.29, 0.717) is 18.0 Å². The quantitative estimate of drug-likeness (QED) is 0.647. The molecule has 0 aliphatic carbocycles. The van der Waals surface area contributed by atoms with Crippen LogP contribution in [0.1, 0.15) is 5.56 Å². The maximum Gasteiger partial charge on any atom is 0.314 e.